The molecular weight excluding hydrogens is 192 g/mol. The van der Waals surface area contributed by atoms with Gasteiger partial charge in [0, 0.05) is 13.1 Å². The van der Waals surface area contributed by atoms with E-state index in [2.05, 4.69) is 0 Å². The first-order valence-electron chi connectivity index (χ1n) is 5.41. The van der Waals surface area contributed by atoms with E-state index < -0.39 is 0 Å². The average molecular weight is 208 g/mol. The third-order valence-electron chi connectivity index (χ3n) is 2.82. The number of nitrogen functional groups attached to an aromatic ring is 1. The van der Waals surface area contributed by atoms with E-state index in [9.17, 15) is 4.79 Å². The number of amides is 1. The fourth-order valence-corrected chi connectivity index (χ4v) is 1.94. The maximum absolute atomic E-state index is 12.0. The summed E-state index contributed by atoms with van der Waals surface area (Å²) >= 11 is 0. The standard InChI is InChI=1S/C11H16N2O2/c12-10-9(5-8-15-10)11(14)13-6-3-1-2-4-7-13/h5,8H,1-4,6-7,12H2. The Morgan fingerprint density at radius 1 is 1.27 bits per heavy atom. The van der Waals surface area contributed by atoms with E-state index in [1.54, 1.807) is 6.07 Å². The Hall–Kier alpha value is -1.45. The number of carbonyl (C=O) groups excluding carboxylic acids is 1. The lowest BCUT2D eigenvalue weighted by atomic mass is 10.2. The lowest BCUT2D eigenvalue weighted by molar-refractivity contribution is 0.0762. The summed E-state index contributed by atoms with van der Waals surface area (Å²) < 4.78 is 4.94. The normalized spacial score (nSPS) is 17.5. The van der Waals surface area contributed by atoms with E-state index in [0.29, 0.717) is 5.56 Å². The van der Waals surface area contributed by atoms with E-state index >= 15 is 0 Å². The largest absolute Gasteiger partial charge is 0.448 e. The summed E-state index contributed by atoms with van der Waals surface area (Å²) in [5, 5.41) is 0. The van der Waals surface area contributed by atoms with Gasteiger partial charge in [0.15, 0.2) is 0 Å². The molecule has 0 saturated carbocycles. The maximum Gasteiger partial charge on any atom is 0.259 e. The van der Waals surface area contributed by atoms with Crippen LogP contribution >= 0.6 is 0 Å². The molecule has 4 heteroatoms. The number of nitrogens with two attached hydrogens (primary N) is 1. The minimum Gasteiger partial charge on any atom is -0.448 e. The van der Waals surface area contributed by atoms with Gasteiger partial charge in [-0.3, -0.25) is 4.79 Å². The van der Waals surface area contributed by atoms with Gasteiger partial charge in [-0.1, -0.05) is 12.8 Å². The van der Waals surface area contributed by atoms with Gasteiger partial charge >= 0.3 is 0 Å². The average Bonchev–Trinajstić information content (AvgIpc) is 2.53. The number of nitrogens with zero attached hydrogens (tertiary/aromatic N) is 1. The lowest BCUT2D eigenvalue weighted by Crippen LogP contribution is -2.31. The monoisotopic (exact) mass is 208 g/mol. The van der Waals surface area contributed by atoms with Crippen LogP contribution in [0.15, 0.2) is 16.7 Å². The molecule has 1 aromatic heterocycles. The zero-order valence-electron chi connectivity index (χ0n) is 8.74. The number of carbonyl (C=O) groups is 1. The highest BCUT2D eigenvalue weighted by atomic mass is 16.3. The molecule has 1 amide bonds. The number of likely N-dealkylation sites (tertiary alicyclic amines) is 1. The van der Waals surface area contributed by atoms with E-state index in [4.69, 9.17) is 10.2 Å². The Morgan fingerprint density at radius 2 is 1.93 bits per heavy atom. The highest BCUT2D eigenvalue weighted by molar-refractivity contribution is 5.98. The summed E-state index contributed by atoms with van der Waals surface area (Å²) in [4.78, 5) is 13.9. The lowest BCUT2D eigenvalue weighted by Gasteiger charge is -2.19. The number of anilines is 1. The van der Waals surface area contributed by atoms with Crippen LogP contribution in [0.1, 0.15) is 36.0 Å². The molecule has 1 fully saturated rings. The van der Waals surface area contributed by atoms with Crippen molar-refractivity contribution >= 4 is 11.8 Å². The van der Waals surface area contributed by atoms with Crippen LogP contribution in [0.5, 0.6) is 0 Å². The van der Waals surface area contributed by atoms with Gasteiger partial charge < -0.3 is 15.1 Å². The summed E-state index contributed by atoms with van der Waals surface area (Å²) in [6.45, 7) is 1.67. The smallest absolute Gasteiger partial charge is 0.259 e. The molecule has 1 saturated heterocycles. The van der Waals surface area contributed by atoms with Crippen molar-refractivity contribution in [2.24, 2.45) is 0 Å². The van der Waals surface area contributed by atoms with Crippen molar-refractivity contribution in [1.82, 2.24) is 4.90 Å². The fourth-order valence-electron chi connectivity index (χ4n) is 1.94. The molecule has 82 valence electrons. The summed E-state index contributed by atoms with van der Waals surface area (Å²) in [7, 11) is 0. The minimum atomic E-state index is 0.00292. The highest BCUT2D eigenvalue weighted by Gasteiger charge is 2.20. The second-order valence-electron chi connectivity index (χ2n) is 3.90. The van der Waals surface area contributed by atoms with Gasteiger partial charge in [-0.2, -0.15) is 0 Å². The maximum atomic E-state index is 12.0. The van der Waals surface area contributed by atoms with Crippen molar-refractivity contribution in [3.8, 4) is 0 Å². The van der Waals surface area contributed by atoms with Gasteiger partial charge in [0.1, 0.15) is 5.56 Å². The van der Waals surface area contributed by atoms with Gasteiger partial charge in [-0.25, -0.2) is 0 Å². The van der Waals surface area contributed by atoms with Crippen LogP contribution in [0.3, 0.4) is 0 Å². The molecule has 0 bridgehead atoms. The minimum absolute atomic E-state index is 0.00292. The topological polar surface area (TPSA) is 59.5 Å². The van der Waals surface area contributed by atoms with Crippen LogP contribution in [-0.2, 0) is 0 Å². The Balaban J connectivity index is 2.09. The first-order valence-corrected chi connectivity index (χ1v) is 5.41. The van der Waals surface area contributed by atoms with E-state index in [1.807, 2.05) is 4.90 Å². The van der Waals surface area contributed by atoms with Gasteiger partial charge in [0.25, 0.3) is 5.91 Å². The molecule has 1 aliphatic heterocycles. The van der Waals surface area contributed by atoms with Crippen molar-refractivity contribution in [1.29, 1.82) is 0 Å². The molecule has 0 spiro atoms. The Kier molecular flexibility index (Phi) is 2.94. The van der Waals surface area contributed by atoms with E-state index in [0.717, 1.165) is 25.9 Å². The number of rotatable bonds is 1. The van der Waals surface area contributed by atoms with Crippen LogP contribution in [-0.4, -0.2) is 23.9 Å². The molecule has 0 radical (unpaired) electrons. The number of hydrogen-bond donors (Lipinski definition) is 1. The first kappa shape index (κ1) is 10.1. The van der Waals surface area contributed by atoms with Gasteiger partial charge in [-0.05, 0) is 18.9 Å². The van der Waals surface area contributed by atoms with Crippen molar-refractivity contribution < 1.29 is 9.21 Å². The van der Waals surface area contributed by atoms with Crippen LogP contribution in [0, 0.1) is 0 Å². The molecule has 2 heterocycles. The Labute approximate surface area is 89.0 Å². The van der Waals surface area contributed by atoms with Crippen LogP contribution in [0.4, 0.5) is 5.88 Å². The highest BCUT2D eigenvalue weighted by Crippen LogP contribution is 2.18. The molecule has 4 nitrogen and oxygen atoms in total. The predicted octanol–water partition coefficient (Wildman–Crippen LogP) is 1.88. The van der Waals surface area contributed by atoms with Crippen LogP contribution < -0.4 is 5.73 Å². The summed E-state index contributed by atoms with van der Waals surface area (Å²) in [6.07, 6.45) is 6.06. The van der Waals surface area contributed by atoms with Gasteiger partial charge in [-0.15, -0.1) is 0 Å². The number of hydrogen-bond acceptors (Lipinski definition) is 3. The van der Waals surface area contributed by atoms with Crippen molar-refractivity contribution in [3.05, 3.63) is 17.9 Å². The molecule has 0 atom stereocenters. The van der Waals surface area contributed by atoms with Gasteiger partial charge in [0.2, 0.25) is 5.88 Å². The van der Waals surface area contributed by atoms with Crippen LogP contribution in [0.25, 0.3) is 0 Å². The fraction of sp³-hybridized carbons (Fsp3) is 0.545. The SMILES string of the molecule is Nc1occc1C(=O)N1CCCCCC1. The molecule has 0 unspecified atom stereocenters. The molecule has 2 N–H and O–H groups in total. The molecule has 2 rings (SSSR count). The van der Waals surface area contributed by atoms with Crippen LogP contribution in [0.2, 0.25) is 0 Å². The first-order chi connectivity index (χ1) is 7.29. The summed E-state index contributed by atoms with van der Waals surface area (Å²) in [6, 6.07) is 1.64. The zero-order valence-corrected chi connectivity index (χ0v) is 8.74. The molecule has 1 aromatic rings. The molecular formula is C11H16N2O2. The molecule has 15 heavy (non-hydrogen) atoms. The Morgan fingerprint density at radius 3 is 2.47 bits per heavy atom. The molecule has 1 aliphatic rings. The quantitative estimate of drug-likeness (QED) is 0.766. The van der Waals surface area contributed by atoms with Crippen molar-refractivity contribution in [2.45, 2.75) is 25.7 Å². The molecule has 0 aliphatic carbocycles. The second-order valence-corrected chi connectivity index (χ2v) is 3.90. The zero-order chi connectivity index (χ0) is 10.7. The van der Waals surface area contributed by atoms with Crippen molar-refractivity contribution in [3.63, 3.8) is 0 Å². The third kappa shape index (κ3) is 2.14. The molecule has 0 aromatic carbocycles. The van der Waals surface area contributed by atoms with Gasteiger partial charge in [0.05, 0.1) is 6.26 Å². The third-order valence-corrected chi connectivity index (χ3v) is 2.82. The van der Waals surface area contributed by atoms with Crippen molar-refractivity contribution in [2.75, 3.05) is 18.8 Å². The Bertz CT molecular complexity index is 338. The predicted molar refractivity (Wildman–Crippen MR) is 57.5 cm³/mol. The summed E-state index contributed by atoms with van der Waals surface area (Å²) in [5.74, 6) is 0.229. The second kappa shape index (κ2) is 4.38. The number of furan rings is 1. The van der Waals surface area contributed by atoms with E-state index in [1.165, 1.54) is 19.1 Å². The van der Waals surface area contributed by atoms with E-state index in [-0.39, 0.29) is 11.8 Å². The summed E-state index contributed by atoms with van der Waals surface area (Å²) in [5.41, 5.74) is 6.07.